The first-order valence-electron chi connectivity index (χ1n) is 7.46. The summed E-state index contributed by atoms with van der Waals surface area (Å²) in [6.07, 6.45) is 6.86. The van der Waals surface area contributed by atoms with E-state index in [0.29, 0.717) is 6.61 Å². The van der Waals surface area contributed by atoms with Crippen molar-refractivity contribution in [2.45, 2.75) is 56.6 Å². The fraction of sp³-hybridized carbons (Fsp3) is 0.929. The van der Waals surface area contributed by atoms with Crippen LogP contribution in [0.3, 0.4) is 0 Å². The smallest absolute Gasteiger partial charge is 0.242 e. The first-order chi connectivity index (χ1) is 9.15. The summed E-state index contributed by atoms with van der Waals surface area (Å²) >= 11 is 0. The molecule has 0 aromatic heterocycles. The van der Waals surface area contributed by atoms with Gasteiger partial charge in [-0.2, -0.15) is 0 Å². The lowest BCUT2D eigenvalue weighted by atomic mass is 9.81. The monoisotopic (exact) mass is 270 g/mol. The molecule has 0 radical (unpaired) electrons. The van der Waals surface area contributed by atoms with Gasteiger partial charge in [0.25, 0.3) is 0 Å². The van der Waals surface area contributed by atoms with E-state index < -0.39 is 5.54 Å². The summed E-state index contributed by atoms with van der Waals surface area (Å²) in [6, 6.07) is 0. The van der Waals surface area contributed by atoms with E-state index in [1.807, 2.05) is 4.90 Å². The normalized spacial score (nSPS) is 24.4. The maximum Gasteiger partial charge on any atom is 0.242 e. The number of carbonyl (C=O) groups is 1. The second kappa shape index (κ2) is 6.68. The van der Waals surface area contributed by atoms with Crippen molar-refractivity contribution in [3.63, 3.8) is 0 Å². The SMILES string of the molecule is NC1(C(=O)N2CCC(OCCO)CC2)CCCCC1. The van der Waals surface area contributed by atoms with E-state index in [0.717, 1.165) is 51.6 Å². The van der Waals surface area contributed by atoms with Crippen LogP contribution in [-0.4, -0.2) is 53.9 Å². The second-order valence-electron chi connectivity index (χ2n) is 5.80. The molecule has 1 saturated heterocycles. The molecule has 0 spiro atoms. The number of hydrogen-bond acceptors (Lipinski definition) is 4. The van der Waals surface area contributed by atoms with Crippen molar-refractivity contribution in [1.29, 1.82) is 0 Å². The van der Waals surface area contributed by atoms with Crippen LogP contribution in [0.25, 0.3) is 0 Å². The minimum atomic E-state index is -0.614. The molecule has 0 unspecified atom stereocenters. The number of amides is 1. The van der Waals surface area contributed by atoms with Gasteiger partial charge in [-0.3, -0.25) is 4.79 Å². The zero-order chi connectivity index (χ0) is 13.7. The number of nitrogens with two attached hydrogens (primary N) is 1. The molecule has 0 atom stereocenters. The van der Waals surface area contributed by atoms with E-state index in [4.69, 9.17) is 15.6 Å². The summed E-state index contributed by atoms with van der Waals surface area (Å²) in [5.74, 6) is 0.132. The van der Waals surface area contributed by atoms with Gasteiger partial charge in [0.2, 0.25) is 5.91 Å². The fourth-order valence-electron chi connectivity index (χ4n) is 3.16. The Morgan fingerprint density at radius 1 is 1.26 bits per heavy atom. The molecule has 1 aliphatic carbocycles. The number of aliphatic hydroxyl groups is 1. The first-order valence-corrected chi connectivity index (χ1v) is 7.46. The molecule has 0 aromatic carbocycles. The molecule has 1 saturated carbocycles. The Morgan fingerprint density at radius 3 is 2.47 bits per heavy atom. The van der Waals surface area contributed by atoms with Crippen LogP contribution in [0.2, 0.25) is 0 Å². The molecule has 0 aromatic rings. The third-order valence-corrected chi connectivity index (χ3v) is 4.35. The Morgan fingerprint density at radius 2 is 1.89 bits per heavy atom. The van der Waals surface area contributed by atoms with Gasteiger partial charge in [0.15, 0.2) is 0 Å². The van der Waals surface area contributed by atoms with Crippen LogP contribution >= 0.6 is 0 Å². The Labute approximate surface area is 115 Å². The van der Waals surface area contributed by atoms with Crippen LogP contribution in [0.1, 0.15) is 44.9 Å². The molecule has 5 heteroatoms. The maximum absolute atomic E-state index is 12.5. The predicted molar refractivity (Wildman–Crippen MR) is 72.6 cm³/mol. The molecule has 0 bridgehead atoms. The topological polar surface area (TPSA) is 75.8 Å². The van der Waals surface area contributed by atoms with Crippen molar-refractivity contribution in [3.8, 4) is 0 Å². The van der Waals surface area contributed by atoms with Crippen LogP contribution < -0.4 is 5.73 Å². The molecule has 19 heavy (non-hydrogen) atoms. The summed E-state index contributed by atoms with van der Waals surface area (Å²) in [5, 5.41) is 8.74. The zero-order valence-corrected chi connectivity index (χ0v) is 11.6. The average Bonchev–Trinajstić information content (AvgIpc) is 2.46. The van der Waals surface area contributed by atoms with Gasteiger partial charge in [0.05, 0.1) is 24.9 Å². The van der Waals surface area contributed by atoms with Gasteiger partial charge in [-0.05, 0) is 25.7 Å². The van der Waals surface area contributed by atoms with Gasteiger partial charge in [0.1, 0.15) is 0 Å². The minimum Gasteiger partial charge on any atom is -0.394 e. The molecular weight excluding hydrogens is 244 g/mol. The first kappa shape index (κ1) is 14.8. The largest absolute Gasteiger partial charge is 0.394 e. The Bertz CT molecular complexity index is 295. The number of carbonyl (C=O) groups excluding carboxylic acids is 1. The quantitative estimate of drug-likeness (QED) is 0.786. The minimum absolute atomic E-state index is 0.0606. The maximum atomic E-state index is 12.5. The Kier molecular flexibility index (Phi) is 5.19. The van der Waals surface area contributed by atoms with Crippen LogP contribution in [0.15, 0.2) is 0 Å². The molecule has 110 valence electrons. The lowest BCUT2D eigenvalue weighted by molar-refractivity contribution is -0.141. The van der Waals surface area contributed by atoms with Crippen molar-refractivity contribution < 1.29 is 14.6 Å². The Balaban J connectivity index is 1.81. The van der Waals surface area contributed by atoms with Gasteiger partial charge >= 0.3 is 0 Å². The van der Waals surface area contributed by atoms with Crippen molar-refractivity contribution in [1.82, 2.24) is 4.90 Å². The predicted octanol–water partition coefficient (Wildman–Crippen LogP) is 0.648. The van der Waals surface area contributed by atoms with Gasteiger partial charge in [-0.15, -0.1) is 0 Å². The third-order valence-electron chi connectivity index (χ3n) is 4.35. The molecule has 1 amide bonds. The average molecular weight is 270 g/mol. The highest BCUT2D eigenvalue weighted by Crippen LogP contribution is 2.29. The van der Waals surface area contributed by atoms with E-state index in [-0.39, 0.29) is 18.6 Å². The molecule has 1 aliphatic heterocycles. The van der Waals surface area contributed by atoms with Crippen LogP contribution in [-0.2, 0) is 9.53 Å². The van der Waals surface area contributed by atoms with Crippen molar-refractivity contribution in [2.75, 3.05) is 26.3 Å². The van der Waals surface area contributed by atoms with Gasteiger partial charge in [-0.25, -0.2) is 0 Å². The summed E-state index contributed by atoms with van der Waals surface area (Å²) in [7, 11) is 0. The van der Waals surface area contributed by atoms with E-state index in [9.17, 15) is 4.79 Å². The van der Waals surface area contributed by atoms with Crippen LogP contribution in [0.5, 0.6) is 0 Å². The molecule has 1 heterocycles. The number of ether oxygens (including phenoxy) is 1. The fourth-order valence-corrected chi connectivity index (χ4v) is 3.16. The van der Waals surface area contributed by atoms with Crippen molar-refractivity contribution in [2.24, 2.45) is 5.73 Å². The van der Waals surface area contributed by atoms with E-state index in [1.54, 1.807) is 0 Å². The highest BCUT2D eigenvalue weighted by atomic mass is 16.5. The zero-order valence-electron chi connectivity index (χ0n) is 11.6. The molecule has 2 rings (SSSR count). The van der Waals surface area contributed by atoms with Crippen molar-refractivity contribution in [3.05, 3.63) is 0 Å². The number of rotatable bonds is 4. The number of nitrogens with zero attached hydrogens (tertiary/aromatic N) is 1. The Hall–Kier alpha value is -0.650. The highest BCUT2D eigenvalue weighted by Gasteiger charge is 2.39. The number of piperidine rings is 1. The lowest BCUT2D eigenvalue weighted by Crippen LogP contribution is -2.58. The van der Waals surface area contributed by atoms with Gasteiger partial charge < -0.3 is 20.5 Å². The standard InChI is InChI=1S/C14H26N2O3/c15-14(6-2-1-3-7-14)13(18)16-8-4-12(5-9-16)19-11-10-17/h12,17H,1-11,15H2. The lowest BCUT2D eigenvalue weighted by Gasteiger charge is -2.39. The summed E-state index contributed by atoms with van der Waals surface area (Å²) < 4.78 is 5.51. The van der Waals surface area contributed by atoms with E-state index in [1.165, 1.54) is 6.42 Å². The van der Waals surface area contributed by atoms with E-state index in [2.05, 4.69) is 0 Å². The van der Waals surface area contributed by atoms with Crippen molar-refractivity contribution >= 4 is 5.91 Å². The number of hydrogen-bond donors (Lipinski definition) is 2. The van der Waals surface area contributed by atoms with Crippen LogP contribution in [0, 0.1) is 0 Å². The molecular formula is C14H26N2O3. The summed E-state index contributed by atoms with van der Waals surface area (Å²) in [4.78, 5) is 14.4. The highest BCUT2D eigenvalue weighted by molar-refractivity contribution is 5.86. The van der Waals surface area contributed by atoms with Gasteiger partial charge in [0, 0.05) is 13.1 Å². The number of aliphatic hydroxyl groups excluding tert-OH is 1. The molecule has 2 fully saturated rings. The molecule has 3 N–H and O–H groups in total. The molecule has 2 aliphatic rings. The van der Waals surface area contributed by atoms with E-state index >= 15 is 0 Å². The summed E-state index contributed by atoms with van der Waals surface area (Å²) in [5.41, 5.74) is 5.68. The van der Waals surface area contributed by atoms with Gasteiger partial charge in [-0.1, -0.05) is 19.3 Å². The second-order valence-corrected chi connectivity index (χ2v) is 5.80. The number of likely N-dealkylation sites (tertiary alicyclic amines) is 1. The molecule has 5 nitrogen and oxygen atoms in total. The third kappa shape index (κ3) is 3.68. The van der Waals surface area contributed by atoms with Crippen LogP contribution in [0.4, 0.5) is 0 Å². The summed E-state index contributed by atoms with van der Waals surface area (Å²) in [6.45, 7) is 1.91.